The predicted octanol–water partition coefficient (Wildman–Crippen LogP) is 9.52. The minimum absolute atomic E-state index is 0.614. The highest BCUT2D eigenvalue weighted by Crippen LogP contribution is 2.41. The Labute approximate surface area is 245 Å². The van der Waals surface area contributed by atoms with Crippen LogP contribution in [0.5, 0.6) is 0 Å². The molecule has 0 saturated carbocycles. The molecule has 0 fully saturated rings. The molecule has 198 valence electrons. The number of furan rings is 1. The van der Waals surface area contributed by atoms with Crippen molar-refractivity contribution in [2.75, 3.05) is 0 Å². The first-order valence-electron chi connectivity index (χ1n) is 14.1. The Morgan fingerprint density at radius 1 is 0.465 bits per heavy atom. The van der Waals surface area contributed by atoms with Gasteiger partial charge >= 0.3 is 0 Å². The maximum atomic E-state index is 9.56. The van der Waals surface area contributed by atoms with Crippen molar-refractivity contribution in [2.24, 2.45) is 0 Å². The number of aromatic nitrogens is 2. The van der Waals surface area contributed by atoms with Crippen LogP contribution >= 0.6 is 0 Å². The van der Waals surface area contributed by atoms with E-state index in [4.69, 9.17) is 4.42 Å². The van der Waals surface area contributed by atoms with Gasteiger partial charge in [-0.3, -0.25) is 0 Å². The van der Waals surface area contributed by atoms with Gasteiger partial charge in [-0.1, -0.05) is 42.5 Å². The summed E-state index contributed by atoms with van der Waals surface area (Å²) < 4.78 is 11.0. The Hall–Kier alpha value is -6.30. The summed E-state index contributed by atoms with van der Waals surface area (Å²) in [5.74, 6) is 0. The van der Waals surface area contributed by atoms with Gasteiger partial charge in [0.2, 0.25) is 0 Å². The second-order valence-electron chi connectivity index (χ2n) is 10.8. The number of benzene rings is 6. The highest BCUT2D eigenvalue weighted by atomic mass is 16.3. The summed E-state index contributed by atoms with van der Waals surface area (Å²) >= 11 is 0. The summed E-state index contributed by atoms with van der Waals surface area (Å²) in [5, 5.41) is 25.3. The molecule has 43 heavy (non-hydrogen) atoms. The van der Waals surface area contributed by atoms with Crippen LogP contribution in [0.25, 0.3) is 76.9 Å². The molecular weight excluding hydrogens is 528 g/mol. The maximum absolute atomic E-state index is 9.56. The quantitative estimate of drug-likeness (QED) is 0.216. The molecule has 9 rings (SSSR count). The number of nitriles is 2. The summed E-state index contributed by atoms with van der Waals surface area (Å²) in [6.45, 7) is 0. The monoisotopic (exact) mass is 548 g/mol. The molecule has 0 amide bonds. The van der Waals surface area contributed by atoms with Gasteiger partial charge in [-0.2, -0.15) is 10.5 Å². The fraction of sp³-hybridized carbons (Fsp3) is 0. The molecule has 0 atom stereocenters. The van der Waals surface area contributed by atoms with Crippen molar-refractivity contribution in [2.45, 2.75) is 0 Å². The Balaban J connectivity index is 1.34. The van der Waals surface area contributed by atoms with E-state index in [-0.39, 0.29) is 0 Å². The standard InChI is InChI=1S/C38H20N4O/c39-21-23-12-15-34-30(18-23)27-8-1-3-10-32(27)41(34)25-6-5-7-26(20-25)42-33-11-4-2-9-29(33)37-35(42)16-14-28-31-19-24(22-40)13-17-36(31)43-38(28)37/h1-20H. The van der Waals surface area contributed by atoms with Gasteiger partial charge in [0.25, 0.3) is 0 Å². The van der Waals surface area contributed by atoms with Crippen LogP contribution in [-0.2, 0) is 0 Å². The third-order valence-electron chi connectivity index (χ3n) is 8.55. The Morgan fingerprint density at radius 2 is 1.07 bits per heavy atom. The van der Waals surface area contributed by atoms with E-state index < -0.39 is 0 Å². The molecule has 0 unspecified atom stereocenters. The van der Waals surface area contributed by atoms with Gasteiger partial charge < -0.3 is 13.6 Å². The van der Waals surface area contributed by atoms with Crippen LogP contribution < -0.4 is 0 Å². The lowest BCUT2D eigenvalue weighted by molar-refractivity contribution is 0.673. The third kappa shape index (κ3) is 3.19. The molecule has 0 spiro atoms. The lowest BCUT2D eigenvalue weighted by Gasteiger charge is -2.12. The summed E-state index contributed by atoms with van der Waals surface area (Å²) in [7, 11) is 0. The van der Waals surface area contributed by atoms with Crippen LogP contribution in [0.15, 0.2) is 126 Å². The molecule has 0 N–H and O–H groups in total. The van der Waals surface area contributed by atoms with E-state index in [1.54, 1.807) is 6.07 Å². The second-order valence-corrected chi connectivity index (χ2v) is 10.8. The zero-order valence-electron chi connectivity index (χ0n) is 22.7. The fourth-order valence-corrected chi connectivity index (χ4v) is 6.73. The summed E-state index contributed by atoms with van der Waals surface area (Å²) in [6, 6.07) is 45.6. The minimum atomic E-state index is 0.614. The third-order valence-corrected chi connectivity index (χ3v) is 8.55. The highest BCUT2D eigenvalue weighted by Gasteiger charge is 2.20. The molecule has 3 aromatic heterocycles. The molecule has 5 heteroatoms. The van der Waals surface area contributed by atoms with Crippen molar-refractivity contribution in [3.05, 3.63) is 132 Å². The summed E-state index contributed by atoms with van der Waals surface area (Å²) in [4.78, 5) is 0. The Kier molecular flexibility index (Phi) is 4.68. The average molecular weight is 549 g/mol. The van der Waals surface area contributed by atoms with Crippen molar-refractivity contribution >= 4 is 65.6 Å². The number of hydrogen-bond acceptors (Lipinski definition) is 3. The first-order chi connectivity index (χ1) is 21.2. The largest absolute Gasteiger partial charge is 0.455 e. The maximum Gasteiger partial charge on any atom is 0.145 e. The van der Waals surface area contributed by atoms with E-state index in [1.165, 1.54) is 0 Å². The molecule has 6 aromatic carbocycles. The van der Waals surface area contributed by atoms with Crippen molar-refractivity contribution in [1.82, 2.24) is 9.13 Å². The van der Waals surface area contributed by atoms with Gasteiger partial charge in [0.1, 0.15) is 11.2 Å². The molecule has 0 aliphatic rings. The Bertz CT molecular complexity index is 2710. The molecule has 0 saturated heterocycles. The zero-order chi connectivity index (χ0) is 28.7. The zero-order valence-corrected chi connectivity index (χ0v) is 22.7. The molecular formula is C38H20N4O. The van der Waals surface area contributed by atoms with E-state index >= 15 is 0 Å². The van der Waals surface area contributed by atoms with Crippen LogP contribution in [0.4, 0.5) is 0 Å². The lowest BCUT2D eigenvalue weighted by Crippen LogP contribution is -1.98. The lowest BCUT2D eigenvalue weighted by atomic mass is 10.1. The van der Waals surface area contributed by atoms with Crippen LogP contribution in [-0.4, -0.2) is 9.13 Å². The predicted molar refractivity (Wildman–Crippen MR) is 172 cm³/mol. The molecule has 3 heterocycles. The molecule has 0 bridgehead atoms. The van der Waals surface area contributed by atoms with E-state index in [0.29, 0.717) is 11.1 Å². The van der Waals surface area contributed by atoms with Crippen LogP contribution in [0.2, 0.25) is 0 Å². The number of rotatable bonds is 2. The molecule has 5 nitrogen and oxygen atoms in total. The number of fused-ring (bicyclic) bond motifs is 10. The van der Waals surface area contributed by atoms with E-state index in [1.807, 2.05) is 36.4 Å². The normalized spacial score (nSPS) is 11.7. The van der Waals surface area contributed by atoms with Crippen LogP contribution in [0, 0.1) is 22.7 Å². The van der Waals surface area contributed by atoms with Gasteiger partial charge in [0.15, 0.2) is 0 Å². The van der Waals surface area contributed by atoms with Gasteiger partial charge in [-0.15, -0.1) is 0 Å². The summed E-state index contributed by atoms with van der Waals surface area (Å²) in [5.41, 5.74) is 9.20. The van der Waals surface area contributed by atoms with Gasteiger partial charge in [0, 0.05) is 38.3 Å². The average Bonchev–Trinajstić information content (AvgIpc) is 3.71. The molecule has 0 radical (unpaired) electrons. The topological polar surface area (TPSA) is 70.6 Å². The van der Waals surface area contributed by atoms with Gasteiger partial charge in [-0.25, -0.2) is 0 Å². The smallest absolute Gasteiger partial charge is 0.145 e. The number of para-hydroxylation sites is 2. The first kappa shape index (κ1) is 23.4. The fourth-order valence-electron chi connectivity index (χ4n) is 6.73. The first-order valence-corrected chi connectivity index (χ1v) is 14.1. The molecule has 0 aliphatic carbocycles. The second kappa shape index (κ2) is 8.60. The van der Waals surface area contributed by atoms with Crippen molar-refractivity contribution in [1.29, 1.82) is 10.5 Å². The summed E-state index contributed by atoms with van der Waals surface area (Å²) in [6.07, 6.45) is 0. The highest BCUT2D eigenvalue weighted by molar-refractivity contribution is 6.24. The molecule has 9 aromatic rings. The van der Waals surface area contributed by atoms with Gasteiger partial charge in [0.05, 0.1) is 50.7 Å². The van der Waals surface area contributed by atoms with Crippen molar-refractivity contribution in [3.8, 4) is 23.5 Å². The number of nitrogens with zero attached hydrogens (tertiary/aromatic N) is 4. The molecule has 0 aliphatic heterocycles. The number of hydrogen-bond donors (Lipinski definition) is 0. The minimum Gasteiger partial charge on any atom is -0.455 e. The van der Waals surface area contributed by atoms with Gasteiger partial charge in [-0.05, 0) is 78.9 Å². The van der Waals surface area contributed by atoms with E-state index in [9.17, 15) is 10.5 Å². The van der Waals surface area contributed by atoms with Crippen molar-refractivity contribution in [3.63, 3.8) is 0 Å². The Morgan fingerprint density at radius 3 is 1.84 bits per heavy atom. The van der Waals surface area contributed by atoms with Crippen LogP contribution in [0.3, 0.4) is 0 Å². The van der Waals surface area contributed by atoms with E-state index in [0.717, 1.165) is 76.9 Å². The van der Waals surface area contributed by atoms with Crippen molar-refractivity contribution < 1.29 is 4.42 Å². The van der Waals surface area contributed by atoms with E-state index in [2.05, 4.69) is 100 Å². The van der Waals surface area contributed by atoms with Crippen LogP contribution in [0.1, 0.15) is 11.1 Å². The SMILES string of the molecule is N#Cc1ccc2oc3c(ccc4c3c3ccccc3n4-c3cccc(-n4c5ccccc5c5cc(C#N)ccc54)c3)c2c1.